The normalized spacial score (nSPS) is 10.9. The SMILES string of the molecule is NC(=O)c1cc(-c2n[nH]c3cc[nH]c(=O)c23)cs1. The maximum absolute atomic E-state index is 11.8. The number of primary amides is 1. The molecule has 0 unspecified atom stereocenters. The summed E-state index contributed by atoms with van der Waals surface area (Å²) in [5.74, 6) is -0.486. The third kappa shape index (κ3) is 1.52. The first-order valence-electron chi connectivity index (χ1n) is 5.11. The molecule has 0 aromatic carbocycles. The van der Waals surface area contributed by atoms with Crippen molar-refractivity contribution in [3.8, 4) is 11.3 Å². The molecular formula is C11H8N4O2S. The number of aromatic amines is 2. The molecule has 0 radical (unpaired) electrons. The summed E-state index contributed by atoms with van der Waals surface area (Å²) in [5.41, 5.74) is 6.86. The Balaban J connectivity index is 2.25. The summed E-state index contributed by atoms with van der Waals surface area (Å²) in [7, 11) is 0. The fourth-order valence-corrected chi connectivity index (χ4v) is 2.52. The zero-order chi connectivity index (χ0) is 12.7. The first kappa shape index (κ1) is 10.7. The van der Waals surface area contributed by atoms with E-state index in [2.05, 4.69) is 15.2 Å². The van der Waals surface area contributed by atoms with Crippen LogP contribution in [0.25, 0.3) is 22.2 Å². The minimum Gasteiger partial charge on any atom is -0.365 e. The summed E-state index contributed by atoms with van der Waals surface area (Å²) in [5, 5.41) is 9.12. The van der Waals surface area contributed by atoms with Crippen LogP contribution in [-0.2, 0) is 0 Å². The summed E-state index contributed by atoms with van der Waals surface area (Å²) in [6.07, 6.45) is 1.55. The number of nitrogens with zero attached hydrogens (tertiary/aromatic N) is 1. The van der Waals surface area contributed by atoms with E-state index in [1.54, 1.807) is 23.7 Å². The summed E-state index contributed by atoms with van der Waals surface area (Å²) < 4.78 is 0. The van der Waals surface area contributed by atoms with Crippen LogP contribution in [0.15, 0.2) is 28.5 Å². The molecule has 1 amide bonds. The maximum atomic E-state index is 11.8. The van der Waals surface area contributed by atoms with Crippen LogP contribution in [0, 0.1) is 0 Å². The maximum Gasteiger partial charge on any atom is 0.259 e. The van der Waals surface area contributed by atoms with E-state index in [1.807, 2.05) is 0 Å². The average molecular weight is 260 g/mol. The third-order valence-electron chi connectivity index (χ3n) is 2.60. The van der Waals surface area contributed by atoms with E-state index < -0.39 is 5.91 Å². The quantitative estimate of drug-likeness (QED) is 0.642. The number of H-pyrrole nitrogens is 2. The zero-order valence-corrected chi connectivity index (χ0v) is 9.88. The molecule has 3 aromatic heterocycles. The molecule has 6 nitrogen and oxygen atoms in total. The van der Waals surface area contributed by atoms with Crippen molar-refractivity contribution in [1.82, 2.24) is 15.2 Å². The van der Waals surface area contributed by atoms with Gasteiger partial charge in [0, 0.05) is 17.1 Å². The van der Waals surface area contributed by atoms with Crippen LogP contribution in [-0.4, -0.2) is 21.1 Å². The number of aromatic nitrogens is 3. The van der Waals surface area contributed by atoms with Crippen molar-refractivity contribution in [3.05, 3.63) is 38.9 Å². The van der Waals surface area contributed by atoms with Gasteiger partial charge in [0.15, 0.2) is 0 Å². The lowest BCUT2D eigenvalue weighted by molar-refractivity contribution is 0.100. The van der Waals surface area contributed by atoms with Gasteiger partial charge in [0.1, 0.15) is 5.69 Å². The van der Waals surface area contributed by atoms with Gasteiger partial charge in [-0.2, -0.15) is 5.10 Å². The van der Waals surface area contributed by atoms with Gasteiger partial charge in [-0.15, -0.1) is 11.3 Å². The lowest BCUT2D eigenvalue weighted by atomic mass is 10.1. The first-order valence-corrected chi connectivity index (χ1v) is 5.99. The number of carbonyl (C=O) groups is 1. The third-order valence-corrected chi connectivity index (χ3v) is 3.55. The molecule has 0 aliphatic heterocycles. The van der Waals surface area contributed by atoms with E-state index in [0.717, 1.165) is 0 Å². The van der Waals surface area contributed by atoms with Crippen molar-refractivity contribution in [2.75, 3.05) is 0 Å². The molecule has 18 heavy (non-hydrogen) atoms. The summed E-state index contributed by atoms with van der Waals surface area (Å²) in [6.45, 7) is 0. The number of hydrogen-bond donors (Lipinski definition) is 3. The fraction of sp³-hybridized carbons (Fsp3) is 0. The topological polar surface area (TPSA) is 105 Å². The molecule has 4 N–H and O–H groups in total. The summed E-state index contributed by atoms with van der Waals surface area (Å²) in [4.78, 5) is 25.9. The Kier molecular flexibility index (Phi) is 2.27. The molecule has 7 heteroatoms. The Morgan fingerprint density at radius 3 is 3.00 bits per heavy atom. The minimum atomic E-state index is -0.486. The Morgan fingerprint density at radius 2 is 2.28 bits per heavy atom. The number of nitrogens with two attached hydrogens (primary N) is 1. The van der Waals surface area contributed by atoms with E-state index in [9.17, 15) is 9.59 Å². The number of rotatable bonds is 2. The molecule has 3 aromatic rings. The lowest BCUT2D eigenvalue weighted by Gasteiger charge is -1.91. The van der Waals surface area contributed by atoms with Crippen LogP contribution in [0.2, 0.25) is 0 Å². The van der Waals surface area contributed by atoms with Crippen LogP contribution >= 0.6 is 11.3 Å². The van der Waals surface area contributed by atoms with E-state index in [-0.39, 0.29) is 5.56 Å². The number of carbonyl (C=O) groups excluding carboxylic acids is 1. The molecule has 0 aliphatic carbocycles. The van der Waals surface area contributed by atoms with Gasteiger partial charge < -0.3 is 10.7 Å². The molecule has 0 saturated carbocycles. The second kappa shape index (κ2) is 3.81. The largest absolute Gasteiger partial charge is 0.365 e. The molecule has 0 saturated heterocycles. The van der Waals surface area contributed by atoms with E-state index in [0.29, 0.717) is 27.0 Å². The summed E-state index contributed by atoms with van der Waals surface area (Å²) >= 11 is 1.23. The van der Waals surface area contributed by atoms with Gasteiger partial charge in [-0.05, 0) is 12.1 Å². The number of nitrogens with one attached hydrogen (secondary N) is 2. The van der Waals surface area contributed by atoms with E-state index in [4.69, 9.17) is 5.73 Å². The average Bonchev–Trinajstić information content (AvgIpc) is 2.94. The minimum absolute atomic E-state index is 0.219. The molecule has 90 valence electrons. The van der Waals surface area contributed by atoms with Crippen LogP contribution in [0.3, 0.4) is 0 Å². The van der Waals surface area contributed by atoms with Gasteiger partial charge in [0.2, 0.25) is 0 Å². The molecule has 0 bridgehead atoms. The molecule has 3 rings (SSSR count). The standard InChI is InChI=1S/C11H8N4O2S/c12-10(16)7-3-5(4-18-7)9-8-6(14-15-9)1-2-13-11(8)17/h1-4H,(H2,12,16)(H,13,17)(H,14,15). The van der Waals surface area contributed by atoms with Gasteiger partial charge >= 0.3 is 0 Å². The highest BCUT2D eigenvalue weighted by molar-refractivity contribution is 7.12. The lowest BCUT2D eigenvalue weighted by Crippen LogP contribution is -2.08. The molecule has 0 spiro atoms. The highest BCUT2D eigenvalue weighted by Gasteiger charge is 2.14. The van der Waals surface area contributed by atoms with Crippen molar-refractivity contribution >= 4 is 28.1 Å². The highest BCUT2D eigenvalue weighted by Crippen LogP contribution is 2.27. The van der Waals surface area contributed by atoms with Crippen molar-refractivity contribution in [3.63, 3.8) is 0 Å². The number of hydrogen-bond acceptors (Lipinski definition) is 4. The number of thiophene rings is 1. The molecule has 3 heterocycles. The van der Waals surface area contributed by atoms with Crippen molar-refractivity contribution in [1.29, 1.82) is 0 Å². The first-order chi connectivity index (χ1) is 8.66. The van der Waals surface area contributed by atoms with Crippen molar-refractivity contribution < 1.29 is 4.79 Å². The Labute approximate surface area is 104 Å². The molecule has 0 aliphatic rings. The van der Waals surface area contributed by atoms with Crippen LogP contribution in [0.5, 0.6) is 0 Å². The van der Waals surface area contributed by atoms with Gasteiger partial charge in [0.25, 0.3) is 11.5 Å². The smallest absolute Gasteiger partial charge is 0.259 e. The zero-order valence-electron chi connectivity index (χ0n) is 9.06. The predicted octanol–water partition coefficient (Wildman–Crippen LogP) is 1.08. The van der Waals surface area contributed by atoms with Gasteiger partial charge in [0.05, 0.1) is 15.8 Å². The van der Waals surface area contributed by atoms with E-state index in [1.165, 1.54) is 11.3 Å². The van der Waals surface area contributed by atoms with Crippen molar-refractivity contribution in [2.45, 2.75) is 0 Å². The second-order valence-corrected chi connectivity index (χ2v) is 4.64. The molecular weight excluding hydrogens is 252 g/mol. The van der Waals surface area contributed by atoms with E-state index >= 15 is 0 Å². The van der Waals surface area contributed by atoms with Crippen LogP contribution < -0.4 is 11.3 Å². The van der Waals surface area contributed by atoms with Gasteiger partial charge in [-0.25, -0.2) is 0 Å². The highest BCUT2D eigenvalue weighted by atomic mass is 32.1. The van der Waals surface area contributed by atoms with Crippen LogP contribution in [0.1, 0.15) is 9.67 Å². The fourth-order valence-electron chi connectivity index (χ4n) is 1.78. The Bertz CT molecular complexity index is 799. The monoisotopic (exact) mass is 260 g/mol. The van der Waals surface area contributed by atoms with Crippen LogP contribution in [0.4, 0.5) is 0 Å². The Morgan fingerprint density at radius 1 is 1.44 bits per heavy atom. The predicted molar refractivity (Wildman–Crippen MR) is 68.5 cm³/mol. The number of amides is 1. The molecule has 0 fully saturated rings. The molecule has 0 atom stereocenters. The van der Waals surface area contributed by atoms with Crippen molar-refractivity contribution in [2.24, 2.45) is 5.73 Å². The number of fused-ring (bicyclic) bond motifs is 1. The van der Waals surface area contributed by atoms with Gasteiger partial charge in [-0.3, -0.25) is 14.7 Å². The summed E-state index contributed by atoms with van der Waals surface area (Å²) in [6, 6.07) is 3.36. The number of pyridine rings is 1. The second-order valence-electron chi connectivity index (χ2n) is 3.73. The van der Waals surface area contributed by atoms with Gasteiger partial charge in [-0.1, -0.05) is 0 Å². The Hall–Kier alpha value is -2.41.